The van der Waals surface area contributed by atoms with Crippen LogP contribution in [0.3, 0.4) is 0 Å². The van der Waals surface area contributed by atoms with Gasteiger partial charge in [0.05, 0.1) is 12.4 Å². The Hall–Kier alpha value is -1.91. The summed E-state index contributed by atoms with van der Waals surface area (Å²) in [5, 5.41) is 0. The Morgan fingerprint density at radius 1 is 1.35 bits per heavy atom. The van der Waals surface area contributed by atoms with E-state index in [4.69, 9.17) is 5.73 Å². The molecule has 88 valence electrons. The fraction of sp³-hybridized carbons (Fsp3) is 0.417. The molecular weight excluding hydrogens is 214 g/mol. The predicted molar refractivity (Wildman–Crippen MR) is 66.3 cm³/mol. The molecule has 0 radical (unpaired) electrons. The SMILES string of the molecule is CC[C@H]1C=C[C@@H](n2cnc3c(N)ncnc32)C1. The normalized spacial score (nSPS) is 23.6. The van der Waals surface area contributed by atoms with E-state index in [0.717, 1.165) is 12.1 Å². The Morgan fingerprint density at radius 3 is 3.00 bits per heavy atom. The fourth-order valence-corrected chi connectivity index (χ4v) is 2.37. The molecule has 0 amide bonds. The second-order valence-corrected chi connectivity index (χ2v) is 4.44. The monoisotopic (exact) mass is 229 g/mol. The summed E-state index contributed by atoms with van der Waals surface area (Å²) >= 11 is 0. The first-order valence-corrected chi connectivity index (χ1v) is 5.91. The molecule has 3 rings (SSSR count). The second kappa shape index (κ2) is 3.84. The highest BCUT2D eigenvalue weighted by molar-refractivity contribution is 5.81. The minimum absolute atomic E-state index is 0.347. The number of nitrogens with two attached hydrogens (primary N) is 1. The predicted octanol–water partition coefficient (Wildman–Crippen LogP) is 1.94. The molecule has 17 heavy (non-hydrogen) atoms. The Bertz CT molecular complexity index is 571. The lowest BCUT2D eigenvalue weighted by Crippen LogP contribution is -2.06. The number of aromatic nitrogens is 4. The van der Waals surface area contributed by atoms with Gasteiger partial charge in [-0.25, -0.2) is 15.0 Å². The first kappa shape index (κ1) is 10.3. The number of hydrogen-bond donors (Lipinski definition) is 1. The number of hydrogen-bond acceptors (Lipinski definition) is 4. The van der Waals surface area contributed by atoms with Crippen LogP contribution in [-0.4, -0.2) is 19.5 Å². The molecule has 0 spiro atoms. The zero-order valence-electron chi connectivity index (χ0n) is 9.74. The van der Waals surface area contributed by atoms with Crippen LogP contribution in [0.2, 0.25) is 0 Å². The van der Waals surface area contributed by atoms with Gasteiger partial charge in [-0.2, -0.15) is 0 Å². The van der Waals surface area contributed by atoms with Crippen molar-refractivity contribution in [3.8, 4) is 0 Å². The highest BCUT2D eigenvalue weighted by Crippen LogP contribution is 2.31. The minimum Gasteiger partial charge on any atom is -0.382 e. The van der Waals surface area contributed by atoms with E-state index >= 15 is 0 Å². The van der Waals surface area contributed by atoms with Gasteiger partial charge in [0.2, 0.25) is 0 Å². The van der Waals surface area contributed by atoms with Crippen LogP contribution in [0.4, 0.5) is 5.82 Å². The molecule has 2 atom stereocenters. The Kier molecular flexibility index (Phi) is 2.31. The van der Waals surface area contributed by atoms with E-state index < -0.39 is 0 Å². The molecule has 0 aromatic carbocycles. The summed E-state index contributed by atoms with van der Waals surface area (Å²) in [5.41, 5.74) is 7.30. The van der Waals surface area contributed by atoms with Gasteiger partial charge in [0.25, 0.3) is 0 Å². The zero-order valence-corrected chi connectivity index (χ0v) is 9.74. The summed E-state index contributed by atoms with van der Waals surface area (Å²) < 4.78 is 2.08. The number of allylic oxidation sites excluding steroid dienone is 2. The van der Waals surface area contributed by atoms with Crippen molar-refractivity contribution in [2.45, 2.75) is 25.8 Å². The molecule has 0 bridgehead atoms. The maximum absolute atomic E-state index is 5.78. The van der Waals surface area contributed by atoms with Crippen LogP contribution in [0.1, 0.15) is 25.8 Å². The van der Waals surface area contributed by atoms with E-state index in [2.05, 4.69) is 38.6 Å². The molecule has 2 aromatic heterocycles. The summed E-state index contributed by atoms with van der Waals surface area (Å²) in [6.07, 6.45) is 10.1. The summed E-state index contributed by atoms with van der Waals surface area (Å²) in [7, 11) is 0. The van der Waals surface area contributed by atoms with Crippen LogP contribution in [0, 0.1) is 5.92 Å². The number of rotatable bonds is 2. The molecule has 1 aliphatic carbocycles. The van der Waals surface area contributed by atoms with Gasteiger partial charge in [0.1, 0.15) is 11.8 Å². The lowest BCUT2D eigenvalue weighted by Gasteiger charge is -2.12. The van der Waals surface area contributed by atoms with E-state index in [-0.39, 0.29) is 0 Å². The van der Waals surface area contributed by atoms with E-state index in [1.54, 1.807) is 0 Å². The average Bonchev–Trinajstić information content (AvgIpc) is 2.94. The first-order valence-electron chi connectivity index (χ1n) is 5.91. The summed E-state index contributed by atoms with van der Waals surface area (Å²) in [6.45, 7) is 2.21. The summed E-state index contributed by atoms with van der Waals surface area (Å²) in [4.78, 5) is 12.5. The highest BCUT2D eigenvalue weighted by Gasteiger charge is 2.21. The third-order valence-electron chi connectivity index (χ3n) is 3.42. The summed E-state index contributed by atoms with van der Waals surface area (Å²) in [6, 6.07) is 0.347. The largest absolute Gasteiger partial charge is 0.382 e. The van der Waals surface area contributed by atoms with Crippen molar-refractivity contribution in [1.82, 2.24) is 19.5 Å². The van der Waals surface area contributed by atoms with Gasteiger partial charge in [-0.3, -0.25) is 0 Å². The molecule has 5 heteroatoms. The van der Waals surface area contributed by atoms with Crippen molar-refractivity contribution in [2.24, 2.45) is 5.92 Å². The van der Waals surface area contributed by atoms with Crippen LogP contribution in [0.25, 0.3) is 11.2 Å². The van der Waals surface area contributed by atoms with E-state index in [1.165, 1.54) is 12.7 Å². The molecule has 0 aliphatic heterocycles. The molecule has 0 fully saturated rings. The van der Waals surface area contributed by atoms with Crippen molar-refractivity contribution in [3.05, 3.63) is 24.8 Å². The molecule has 5 nitrogen and oxygen atoms in total. The van der Waals surface area contributed by atoms with Gasteiger partial charge in [-0.1, -0.05) is 19.1 Å². The Labute approximate surface area is 99.4 Å². The van der Waals surface area contributed by atoms with E-state index in [9.17, 15) is 0 Å². The maximum atomic E-state index is 5.78. The van der Waals surface area contributed by atoms with Gasteiger partial charge < -0.3 is 10.3 Å². The lowest BCUT2D eigenvalue weighted by molar-refractivity contribution is 0.502. The third-order valence-corrected chi connectivity index (χ3v) is 3.42. The first-order chi connectivity index (χ1) is 8.29. The lowest BCUT2D eigenvalue weighted by atomic mass is 10.1. The second-order valence-electron chi connectivity index (χ2n) is 4.44. The van der Waals surface area contributed by atoms with Crippen molar-refractivity contribution < 1.29 is 0 Å². The standard InChI is InChI=1S/C12H15N5/c1-2-8-3-4-9(5-8)17-7-16-10-11(13)14-6-15-12(10)17/h3-4,6-9H,2,5H2,1H3,(H2,13,14,15)/t8-,9+/m0/s1. The van der Waals surface area contributed by atoms with Crippen LogP contribution in [0.5, 0.6) is 0 Å². The number of imidazole rings is 1. The number of nitrogens with zero attached hydrogens (tertiary/aromatic N) is 4. The molecule has 1 aliphatic rings. The average molecular weight is 229 g/mol. The molecule has 0 saturated carbocycles. The van der Waals surface area contributed by atoms with E-state index in [1.807, 2.05) is 6.33 Å². The smallest absolute Gasteiger partial charge is 0.165 e. The zero-order chi connectivity index (χ0) is 11.8. The number of anilines is 1. The summed E-state index contributed by atoms with van der Waals surface area (Å²) in [5.74, 6) is 1.11. The van der Waals surface area contributed by atoms with E-state index in [0.29, 0.717) is 23.3 Å². The van der Waals surface area contributed by atoms with Gasteiger partial charge >= 0.3 is 0 Å². The highest BCUT2D eigenvalue weighted by atomic mass is 15.1. The van der Waals surface area contributed by atoms with Gasteiger partial charge in [0, 0.05) is 0 Å². The van der Waals surface area contributed by atoms with Crippen molar-refractivity contribution in [2.75, 3.05) is 5.73 Å². The molecule has 0 unspecified atom stereocenters. The molecule has 2 aromatic rings. The van der Waals surface area contributed by atoms with Crippen LogP contribution in [-0.2, 0) is 0 Å². The topological polar surface area (TPSA) is 69.6 Å². The van der Waals surface area contributed by atoms with Crippen molar-refractivity contribution in [1.29, 1.82) is 0 Å². The van der Waals surface area contributed by atoms with Gasteiger partial charge in [-0.15, -0.1) is 0 Å². The maximum Gasteiger partial charge on any atom is 0.165 e. The fourth-order valence-electron chi connectivity index (χ4n) is 2.37. The molecule has 2 N–H and O–H groups in total. The molecule has 2 heterocycles. The molecule has 0 saturated heterocycles. The quantitative estimate of drug-likeness (QED) is 0.799. The van der Waals surface area contributed by atoms with Gasteiger partial charge in [0.15, 0.2) is 11.5 Å². The van der Waals surface area contributed by atoms with Crippen molar-refractivity contribution >= 4 is 17.0 Å². The molecular formula is C12H15N5. The van der Waals surface area contributed by atoms with Crippen LogP contribution >= 0.6 is 0 Å². The van der Waals surface area contributed by atoms with Crippen LogP contribution in [0.15, 0.2) is 24.8 Å². The third kappa shape index (κ3) is 1.58. The van der Waals surface area contributed by atoms with Crippen molar-refractivity contribution in [3.63, 3.8) is 0 Å². The number of fused-ring (bicyclic) bond motifs is 1. The minimum atomic E-state index is 0.347. The Balaban J connectivity index is 2.02. The van der Waals surface area contributed by atoms with Crippen LogP contribution < -0.4 is 5.73 Å². The number of nitrogen functional groups attached to an aromatic ring is 1. The van der Waals surface area contributed by atoms with Gasteiger partial charge in [-0.05, 0) is 18.8 Å². The Morgan fingerprint density at radius 2 is 2.24 bits per heavy atom.